The molecule has 3 aromatic rings. The Hall–Kier alpha value is -3.78. The topological polar surface area (TPSA) is 92.5 Å². The lowest BCUT2D eigenvalue weighted by Gasteiger charge is -2.29. The maximum Gasteiger partial charge on any atom is 0.290 e. The van der Waals surface area contributed by atoms with Gasteiger partial charge in [0.05, 0.1) is 25.8 Å². The maximum absolute atomic E-state index is 13.7. The third kappa shape index (κ3) is 4.01. The van der Waals surface area contributed by atoms with E-state index >= 15 is 0 Å². The molecule has 0 aliphatic carbocycles. The van der Waals surface area contributed by atoms with Gasteiger partial charge in [-0.15, -0.1) is 0 Å². The zero-order chi connectivity index (χ0) is 24.6. The molecular formula is C26H28N2O6. The van der Waals surface area contributed by atoms with Crippen molar-refractivity contribution in [2.24, 2.45) is 0 Å². The molecular weight excluding hydrogens is 436 g/mol. The van der Waals surface area contributed by atoms with Gasteiger partial charge in [-0.3, -0.25) is 9.59 Å². The third-order valence-electron chi connectivity index (χ3n) is 5.96. The summed E-state index contributed by atoms with van der Waals surface area (Å²) in [6.07, 6.45) is 0. The highest BCUT2D eigenvalue weighted by Gasteiger charge is 2.45. The van der Waals surface area contributed by atoms with Gasteiger partial charge in [0.1, 0.15) is 5.58 Å². The highest BCUT2D eigenvalue weighted by molar-refractivity contribution is 6.16. The second-order valence-corrected chi connectivity index (χ2v) is 8.53. The number of para-hydroxylation sites is 1. The second kappa shape index (κ2) is 9.23. The standard InChI is InChI=1S/C26H28N2O6/c1-15-9-10-18-16(13-15)14-20(34-18)23(29)21-22(17-7-6-8-19(32-4)25(17)33-5)28(12-11-27(2)3)26(31)24(21)30/h6-10,13-14,22,30H,11-12H2,1-5H3. The minimum atomic E-state index is -0.875. The number of hydrogen-bond acceptors (Lipinski definition) is 7. The van der Waals surface area contributed by atoms with Crippen LogP contribution >= 0.6 is 0 Å². The number of furan rings is 1. The van der Waals surface area contributed by atoms with E-state index in [-0.39, 0.29) is 17.9 Å². The number of carbonyl (C=O) groups excluding carboxylic acids is 2. The first kappa shape index (κ1) is 23.4. The van der Waals surface area contributed by atoms with E-state index in [0.717, 1.165) is 10.9 Å². The number of ether oxygens (including phenoxy) is 2. The first-order valence-electron chi connectivity index (χ1n) is 10.9. The lowest BCUT2D eigenvalue weighted by Crippen LogP contribution is -2.36. The van der Waals surface area contributed by atoms with Crippen molar-refractivity contribution in [1.82, 2.24) is 9.80 Å². The minimum Gasteiger partial charge on any atom is -0.503 e. The quantitative estimate of drug-likeness (QED) is 0.506. The Kier molecular flexibility index (Phi) is 6.34. The van der Waals surface area contributed by atoms with Crippen molar-refractivity contribution >= 4 is 22.7 Å². The molecule has 1 aromatic heterocycles. The number of ketones is 1. The Morgan fingerprint density at radius 2 is 1.91 bits per heavy atom. The molecule has 1 aliphatic heterocycles. The van der Waals surface area contributed by atoms with Crippen LogP contribution in [0.5, 0.6) is 11.5 Å². The van der Waals surface area contributed by atoms with Gasteiger partial charge in [0.2, 0.25) is 5.78 Å². The monoisotopic (exact) mass is 464 g/mol. The summed E-state index contributed by atoms with van der Waals surface area (Å²) in [6, 6.07) is 11.6. The predicted molar refractivity (Wildman–Crippen MR) is 127 cm³/mol. The molecule has 1 aliphatic rings. The van der Waals surface area contributed by atoms with Crippen molar-refractivity contribution in [1.29, 1.82) is 0 Å². The van der Waals surface area contributed by atoms with Crippen LogP contribution in [0.3, 0.4) is 0 Å². The van der Waals surface area contributed by atoms with Gasteiger partial charge in [-0.25, -0.2) is 0 Å². The largest absolute Gasteiger partial charge is 0.503 e. The molecule has 8 nitrogen and oxygen atoms in total. The van der Waals surface area contributed by atoms with Gasteiger partial charge in [-0.05, 0) is 45.3 Å². The Morgan fingerprint density at radius 3 is 2.59 bits per heavy atom. The van der Waals surface area contributed by atoms with E-state index in [0.29, 0.717) is 29.2 Å². The molecule has 0 fully saturated rings. The summed E-state index contributed by atoms with van der Waals surface area (Å²) in [5, 5.41) is 11.7. The van der Waals surface area contributed by atoms with E-state index < -0.39 is 23.5 Å². The second-order valence-electron chi connectivity index (χ2n) is 8.53. The fourth-order valence-corrected chi connectivity index (χ4v) is 4.28. The van der Waals surface area contributed by atoms with Crippen LogP contribution in [0.2, 0.25) is 0 Å². The molecule has 178 valence electrons. The van der Waals surface area contributed by atoms with E-state index in [4.69, 9.17) is 13.9 Å². The normalized spacial score (nSPS) is 16.1. The molecule has 0 saturated heterocycles. The van der Waals surface area contributed by atoms with Gasteiger partial charge in [0.25, 0.3) is 5.91 Å². The van der Waals surface area contributed by atoms with Crippen LogP contribution in [0.15, 0.2) is 58.2 Å². The molecule has 0 bridgehead atoms. The molecule has 1 unspecified atom stereocenters. The van der Waals surface area contributed by atoms with E-state index in [2.05, 4.69) is 0 Å². The number of carbonyl (C=O) groups is 2. The zero-order valence-corrected chi connectivity index (χ0v) is 19.9. The van der Waals surface area contributed by atoms with E-state index in [1.165, 1.54) is 19.1 Å². The lowest BCUT2D eigenvalue weighted by atomic mass is 9.94. The van der Waals surface area contributed by atoms with Crippen molar-refractivity contribution in [2.75, 3.05) is 41.4 Å². The average molecular weight is 465 g/mol. The Labute approximate surface area is 198 Å². The van der Waals surface area contributed by atoms with Crippen molar-refractivity contribution < 1.29 is 28.6 Å². The van der Waals surface area contributed by atoms with E-state index in [1.807, 2.05) is 38.1 Å². The summed E-state index contributed by atoms with van der Waals surface area (Å²) >= 11 is 0. The summed E-state index contributed by atoms with van der Waals surface area (Å²) in [5.74, 6) is -0.865. The van der Waals surface area contributed by atoms with E-state index in [9.17, 15) is 14.7 Å². The van der Waals surface area contributed by atoms with Gasteiger partial charge < -0.3 is 28.8 Å². The predicted octanol–water partition coefficient (Wildman–Crippen LogP) is 3.90. The van der Waals surface area contributed by atoms with Crippen LogP contribution in [0, 0.1) is 6.92 Å². The number of nitrogens with zero attached hydrogens (tertiary/aromatic N) is 2. The number of amides is 1. The van der Waals surface area contributed by atoms with Crippen molar-refractivity contribution in [3.63, 3.8) is 0 Å². The number of benzene rings is 2. The molecule has 0 saturated carbocycles. The van der Waals surface area contributed by atoms with Crippen molar-refractivity contribution in [2.45, 2.75) is 13.0 Å². The lowest BCUT2D eigenvalue weighted by molar-refractivity contribution is -0.129. The van der Waals surface area contributed by atoms with Gasteiger partial charge in [-0.1, -0.05) is 23.8 Å². The molecule has 0 radical (unpaired) electrons. The summed E-state index contributed by atoms with van der Waals surface area (Å²) in [4.78, 5) is 30.3. The molecule has 1 amide bonds. The molecule has 4 rings (SSSR count). The molecule has 0 spiro atoms. The number of aliphatic hydroxyl groups excluding tert-OH is 1. The van der Waals surface area contributed by atoms with Gasteiger partial charge >= 0.3 is 0 Å². The fourth-order valence-electron chi connectivity index (χ4n) is 4.28. The molecule has 2 aromatic carbocycles. The maximum atomic E-state index is 13.7. The molecule has 2 heterocycles. The number of rotatable bonds is 8. The SMILES string of the molecule is COc1cccc(C2C(C(=O)c3cc4cc(C)ccc4o3)=C(O)C(=O)N2CCN(C)C)c1OC. The first-order chi connectivity index (χ1) is 16.3. The first-order valence-corrected chi connectivity index (χ1v) is 10.9. The zero-order valence-electron chi connectivity index (χ0n) is 19.9. The summed E-state index contributed by atoms with van der Waals surface area (Å²) in [5.41, 5.74) is 2.07. The van der Waals surface area contributed by atoms with Crippen molar-refractivity contribution in [3.8, 4) is 11.5 Å². The molecule has 1 atom stereocenters. The minimum absolute atomic E-state index is 0.0499. The van der Waals surface area contributed by atoms with Gasteiger partial charge in [-0.2, -0.15) is 0 Å². The van der Waals surface area contributed by atoms with Crippen LogP contribution in [0.4, 0.5) is 0 Å². The fraction of sp³-hybridized carbons (Fsp3) is 0.308. The number of hydrogen-bond donors (Lipinski definition) is 1. The Morgan fingerprint density at radius 1 is 1.15 bits per heavy atom. The number of aryl methyl sites for hydroxylation is 1. The van der Waals surface area contributed by atoms with Crippen molar-refractivity contribution in [3.05, 3.63) is 70.7 Å². The smallest absolute Gasteiger partial charge is 0.290 e. The number of fused-ring (bicyclic) bond motifs is 1. The molecule has 8 heteroatoms. The number of aliphatic hydroxyl groups is 1. The summed E-state index contributed by atoms with van der Waals surface area (Å²) in [7, 11) is 6.78. The van der Waals surface area contributed by atoms with E-state index in [1.54, 1.807) is 30.3 Å². The van der Waals surface area contributed by atoms with Crippen LogP contribution in [0.25, 0.3) is 11.0 Å². The highest BCUT2D eigenvalue weighted by atomic mass is 16.5. The number of methoxy groups -OCH3 is 2. The summed E-state index contributed by atoms with van der Waals surface area (Å²) < 4.78 is 16.9. The Bertz CT molecular complexity index is 1290. The number of likely N-dealkylation sites (N-methyl/N-ethyl adjacent to an activating group) is 1. The van der Waals surface area contributed by atoms with Crippen LogP contribution in [-0.4, -0.2) is 68.0 Å². The Balaban J connectivity index is 1.86. The third-order valence-corrected chi connectivity index (χ3v) is 5.96. The molecule has 1 N–H and O–H groups in total. The molecule has 34 heavy (non-hydrogen) atoms. The van der Waals surface area contributed by atoms with Crippen LogP contribution < -0.4 is 9.47 Å². The van der Waals surface area contributed by atoms with Gasteiger partial charge in [0, 0.05) is 24.0 Å². The average Bonchev–Trinajstić information content (AvgIpc) is 3.35. The van der Waals surface area contributed by atoms with Crippen LogP contribution in [-0.2, 0) is 4.79 Å². The highest BCUT2D eigenvalue weighted by Crippen LogP contribution is 2.45. The van der Waals surface area contributed by atoms with Gasteiger partial charge in [0.15, 0.2) is 23.0 Å². The van der Waals surface area contributed by atoms with Crippen LogP contribution in [0.1, 0.15) is 27.7 Å². The summed E-state index contributed by atoms with van der Waals surface area (Å²) in [6.45, 7) is 2.77. The number of Topliss-reactive ketones (excluding diaryl/α,β-unsaturated/α-hetero) is 1.